The maximum atomic E-state index is 13.9. The maximum Gasteiger partial charge on any atom is 0.419 e. The Labute approximate surface area is 164 Å². The van der Waals surface area contributed by atoms with Crippen molar-refractivity contribution in [3.05, 3.63) is 79.0 Å². The van der Waals surface area contributed by atoms with Gasteiger partial charge in [-0.05, 0) is 47.6 Å². The Morgan fingerprint density at radius 2 is 1.86 bits per heavy atom. The molecule has 0 aliphatic heterocycles. The summed E-state index contributed by atoms with van der Waals surface area (Å²) >= 11 is 6.11. The van der Waals surface area contributed by atoms with Gasteiger partial charge in [-0.1, -0.05) is 17.7 Å². The number of rotatable bonds is 3. The van der Waals surface area contributed by atoms with E-state index in [4.69, 9.17) is 11.6 Å². The summed E-state index contributed by atoms with van der Waals surface area (Å²) < 4.78 is 52.1. The lowest BCUT2D eigenvalue weighted by Crippen LogP contribution is -2.23. The molecule has 2 atom stereocenters. The van der Waals surface area contributed by atoms with Gasteiger partial charge in [-0.15, -0.1) is 10.2 Å². The van der Waals surface area contributed by atoms with E-state index in [0.717, 1.165) is 12.1 Å². The van der Waals surface area contributed by atoms with E-state index >= 15 is 0 Å². The summed E-state index contributed by atoms with van der Waals surface area (Å²) in [5.41, 5.74) is -1.45. The van der Waals surface area contributed by atoms with Crippen LogP contribution in [0.5, 0.6) is 0 Å². The molecule has 2 N–H and O–H groups in total. The van der Waals surface area contributed by atoms with Crippen LogP contribution in [0.15, 0.2) is 40.1 Å². The highest BCUT2D eigenvalue weighted by Crippen LogP contribution is 2.56. The van der Waals surface area contributed by atoms with Crippen LogP contribution in [-0.2, 0) is 6.18 Å². The topological polar surface area (TPSA) is 91.5 Å². The maximum absolute atomic E-state index is 13.9. The highest BCUT2D eigenvalue weighted by Gasteiger charge is 2.42. The Kier molecular flexibility index (Phi) is 4.53. The zero-order valence-corrected chi connectivity index (χ0v) is 15.1. The van der Waals surface area contributed by atoms with Crippen molar-refractivity contribution in [2.24, 2.45) is 0 Å². The minimum Gasteiger partial charge on any atom is -0.313 e. The van der Waals surface area contributed by atoms with Gasteiger partial charge in [-0.25, -0.2) is 9.18 Å². The molecule has 0 amide bonds. The van der Waals surface area contributed by atoms with Gasteiger partial charge in [-0.3, -0.25) is 9.78 Å². The fourth-order valence-corrected chi connectivity index (χ4v) is 3.51. The van der Waals surface area contributed by atoms with Gasteiger partial charge < -0.3 is 4.98 Å². The van der Waals surface area contributed by atoms with Crippen LogP contribution < -0.4 is 11.2 Å². The Balaban J connectivity index is 1.65. The number of nitrogens with one attached hydrogen (secondary N) is 2. The van der Waals surface area contributed by atoms with Crippen LogP contribution in [0.4, 0.5) is 17.6 Å². The van der Waals surface area contributed by atoms with Crippen molar-refractivity contribution < 1.29 is 17.6 Å². The fraction of sp³-hybridized carbons (Fsp3) is 0.222. The Morgan fingerprint density at radius 1 is 1.10 bits per heavy atom. The van der Waals surface area contributed by atoms with Gasteiger partial charge >= 0.3 is 11.9 Å². The van der Waals surface area contributed by atoms with Crippen molar-refractivity contribution in [1.29, 1.82) is 0 Å². The first-order chi connectivity index (χ1) is 13.6. The van der Waals surface area contributed by atoms with Crippen LogP contribution in [-0.4, -0.2) is 20.2 Å². The highest BCUT2D eigenvalue weighted by atomic mass is 35.5. The first-order valence-electron chi connectivity index (χ1n) is 8.37. The first kappa shape index (κ1) is 19.3. The number of halogens is 5. The van der Waals surface area contributed by atoms with E-state index in [-0.39, 0.29) is 28.2 Å². The third-order valence-corrected chi connectivity index (χ3v) is 5.08. The molecule has 2 unspecified atom stereocenters. The van der Waals surface area contributed by atoms with Crippen molar-refractivity contribution in [2.75, 3.05) is 0 Å². The number of H-pyrrole nitrogens is 2. The zero-order chi connectivity index (χ0) is 20.9. The molecule has 1 aromatic carbocycles. The smallest absolute Gasteiger partial charge is 0.313 e. The van der Waals surface area contributed by atoms with Crippen LogP contribution in [0.25, 0.3) is 11.3 Å². The van der Waals surface area contributed by atoms with Gasteiger partial charge in [-0.2, -0.15) is 13.2 Å². The van der Waals surface area contributed by atoms with E-state index in [0.29, 0.717) is 17.5 Å². The summed E-state index contributed by atoms with van der Waals surface area (Å²) in [6, 6.07) is 4.37. The second-order valence-electron chi connectivity index (χ2n) is 6.65. The van der Waals surface area contributed by atoms with Crippen molar-refractivity contribution >= 4 is 11.6 Å². The largest absolute Gasteiger partial charge is 0.419 e. The van der Waals surface area contributed by atoms with E-state index in [2.05, 4.69) is 20.2 Å². The summed E-state index contributed by atoms with van der Waals surface area (Å²) in [6.07, 6.45) is -3.04. The standard InChI is InChI=1S/C18H11ClF4N4O2/c19-15-10(5-14(26-27-15)11-6-24-17(29)25-16(11)28)9-4-8(9)7-1-2-12(13(20)3-7)18(21,22)23/h1-3,5-6,8-9H,4H2,(H2,24,25,28,29). The monoisotopic (exact) mass is 426 g/mol. The number of benzene rings is 1. The van der Waals surface area contributed by atoms with Crippen LogP contribution >= 0.6 is 11.6 Å². The molecular weight excluding hydrogens is 416 g/mol. The normalized spacial score (nSPS) is 18.7. The number of hydrogen-bond acceptors (Lipinski definition) is 4. The summed E-state index contributed by atoms with van der Waals surface area (Å²) in [7, 11) is 0. The second-order valence-corrected chi connectivity index (χ2v) is 7.01. The number of hydrogen-bond donors (Lipinski definition) is 2. The molecular formula is C18H11ClF4N4O2. The van der Waals surface area contributed by atoms with E-state index in [9.17, 15) is 27.2 Å². The molecule has 11 heteroatoms. The fourth-order valence-electron chi connectivity index (χ4n) is 3.28. The molecule has 3 aromatic rings. The summed E-state index contributed by atoms with van der Waals surface area (Å²) in [5, 5.41) is 7.75. The third kappa shape index (κ3) is 3.67. The average Bonchev–Trinajstić information content (AvgIpc) is 3.42. The van der Waals surface area contributed by atoms with Gasteiger partial charge in [0.2, 0.25) is 0 Å². The molecule has 1 aliphatic rings. The Bertz CT molecular complexity index is 1220. The molecule has 2 aromatic heterocycles. The SMILES string of the molecule is O=c1[nH]cc(-c2cc(C3CC3c3ccc(C(F)(F)F)c(F)c3)c(Cl)nn2)c(=O)[nH]1. The average molecular weight is 427 g/mol. The van der Waals surface area contributed by atoms with Crippen LogP contribution in [0.2, 0.25) is 5.15 Å². The molecule has 1 fully saturated rings. The van der Waals surface area contributed by atoms with E-state index in [1.165, 1.54) is 18.3 Å². The minimum absolute atomic E-state index is 0.0767. The second kappa shape index (κ2) is 6.80. The molecule has 150 valence electrons. The molecule has 0 saturated heterocycles. The summed E-state index contributed by atoms with van der Waals surface area (Å²) in [6.45, 7) is 0. The van der Waals surface area contributed by atoms with Crippen LogP contribution in [0, 0.1) is 5.82 Å². The van der Waals surface area contributed by atoms with Crippen molar-refractivity contribution in [3.8, 4) is 11.3 Å². The predicted molar refractivity (Wildman–Crippen MR) is 95.2 cm³/mol. The molecule has 0 bridgehead atoms. The van der Waals surface area contributed by atoms with Gasteiger partial charge in [0.1, 0.15) is 11.5 Å². The minimum atomic E-state index is -4.76. The lowest BCUT2D eigenvalue weighted by Gasteiger charge is -2.10. The Hall–Kier alpha value is -3.01. The molecule has 4 rings (SSSR count). The first-order valence-corrected chi connectivity index (χ1v) is 8.75. The zero-order valence-electron chi connectivity index (χ0n) is 14.3. The van der Waals surface area contributed by atoms with Crippen LogP contribution in [0.1, 0.15) is 34.9 Å². The predicted octanol–water partition coefficient (Wildman–Crippen LogP) is 3.60. The lowest BCUT2D eigenvalue weighted by molar-refractivity contribution is -0.140. The van der Waals surface area contributed by atoms with Crippen molar-refractivity contribution in [2.45, 2.75) is 24.4 Å². The molecule has 0 radical (unpaired) electrons. The quantitative estimate of drug-likeness (QED) is 0.626. The van der Waals surface area contributed by atoms with Gasteiger partial charge in [0.05, 0.1) is 11.1 Å². The Morgan fingerprint density at radius 3 is 2.52 bits per heavy atom. The van der Waals surface area contributed by atoms with Crippen molar-refractivity contribution in [1.82, 2.24) is 20.2 Å². The molecule has 6 nitrogen and oxygen atoms in total. The van der Waals surface area contributed by atoms with Gasteiger partial charge in [0.25, 0.3) is 5.56 Å². The molecule has 0 spiro atoms. The molecule has 29 heavy (non-hydrogen) atoms. The highest BCUT2D eigenvalue weighted by molar-refractivity contribution is 6.30. The number of alkyl halides is 3. The number of aromatic amines is 2. The van der Waals surface area contributed by atoms with E-state index in [1.54, 1.807) is 0 Å². The number of aromatic nitrogens is 4. The summed E-state index contributed by atoms with van der Waals surface area (Å²) in [5.74, 6) is -1.79. The molecule has 2 heterocycles. The molecule has 1 aliphatic carbocycles. The van der Waals surface area contributed by atoms with Gasteiger partial charge in [0.15, 0.2) is 5.15 Å². The number of nitrogens with zero attached hydrogens (tertiary/aromatic N) is 2. The molecule has 1 saturated carbocycles. The van der Waals surface area contributed by atoms with Crippen molar-refractivity contribution in [3.63, 3.8) is 0 Å². The van der Waals surface area contributed by atoms with Crippen LogP contribution in [0.3, 0.4) is 0 Å². The summed E-state index contributed by atoms with van der Waals surface area (Å²) in [4.78, 5) is 27.5. The third-order valence-electron chi connectivity index (χ3n) is 4.79. The van der Waals surface area contributed by atoms with Gasteiger partial charge in [0, 0.05) is 6.20 Å². The van der Waals surface area contributed by atoms with E-state index < -0.39 is 28.8 Å². The lowest BCUT2D eigenvalue weighted by atomic mass is 10.0. The van der Waals surface area contributed by atoms with E-state index in [1.807, 2.05) is 0 Å².